The summed E-state index contributed by atoms with van der Waals surface area (Å²) in [5.74, 6) is -0.0706. The van der Waals surface area contributed by atoms with Gasteiger partial charge in [0, 0.05) is 67.4 Å². The van der Waals surface area contributed by atoms with Crippen LogP contribution in [0.2, 0.25) is 5.02 Å². The molecule has 0 saturated carbocycles. The molecule has 0 bridgehead atoms. The Hall–Kier alpha value is -3.32. The summed E-state index contributed by atoms with van der Waals surface area (Å²) in [7, 11) is 1.64. The van der Waals surface area contributed by atoms with Crippen molar-refractivity contribution in [2.45, 2.75) is 26.4 Å². The van der Waals surface area contributed by atoms with Crippen LogP contribution in [0.15, 0.2) is 66.7 Å². The third-order valence-electron chi connectivity index (χ3n) is 7.66. The summed E-state index contributed by atoms with van der Waals surface area (Å²) < 4.78 is 7.67. The van der Waals surface area contributed by atoms with Crippen LogP contribution in [0, 0.1) is 6.92 Å². The smallest absolute Gasteiger partial charge is 0.307 e. The van der Waals surface area contributed by atoms with Gasteiger partial charge in [0.05, 0.1) is 13.5 Å². The van der Waals surface area contributed by atoms with E-state index in [1.54, 1.807) is 7.11 Å². The quantitative estimate of drug-likeness (QED) is 0.299. The number of piperazine rings is 1. The summed E-state index contributed by atoms with van der Waals surface area (Å²) in [6.45, 7) is 8.76. The molecule has 5 rings (SSSR count). The van der Waals surface area contributed by atoms with Crippen LogP contribution >= 0.6 is 11.6 Å². The molecule has 4 aromatic rings. The number of carboxylic acids is 1. The number of ether oxygens (including phenoxy) is 1. The second-order valence-electron chi connectivity index (χ2n) is 9.95. The number of nitrogens with zero attached hydrogens (tertiary/aromatic N) is 3. The number of halogens is 1. The van der Waals surface area contributed by atoms with Gasteiger partial charge >= 0.3 is 5.97 Å². The summed E-state index contributed by atoms with van der Waals surface area (Å²) in [6, 6.07) is 22.6. The van der Waals surface area contributed by atoms with Gasteiger partial charge in [0.2, 0.25) is 0 Å². The van der Waals surface area contributed by atoms with E-state index >= 15 is 0 Å². The molecule has 0 spiro atoms. The topological polar surface area (TPSA) is 57.9 Å². The van der Waals surface area contributed by atoms with Crippen molar-refractivity contribution < 1.29 is 14.6 Å². The van der Waals surface area contributed by atoms with E-state index in [-0.39, 0.29) is 6.42 Å². The molecule has 198 valence electrons. The fourth-order valence-corrected chi connectivity index (χ4v) is 5.67. The van der Waals surface area contributed by atoms with Crippen LogP contribution in [0.3, 0.4) is 0 Å². The zero-order valence-electron chi connectivity index (χ0n) is 22.0. The fraction of sp³-hybridized carbons (Fsp3) is 0.323. The molecule has 38 heavy (non-hydrogen) atoms. The highest BCUT2D eigenvalue weighted by Crippen LogP contribution is 2.30. The number of aliphatic carboxylic acids is 1. The molecule has 0 radical (unpaired) electrons. The number of fused-ring (bicyclic) bond motifs is 1. The van der Waals surface area contributed by atoms with E-state index in [4.69, 9.17) is 16.3 Å². The standard InChI is InChI=1S/C31H34ClN3O3/c1-22-28(20-31(36)37)29-19-26(38-2)11-12-30(29)35(22)18-17-33-13-15-34(16-14-33)21-24-5-3-4-6-27(24)23-7-9-25(32)10-8-23/h3-12,19H,13-18,20-21H2,1-2H3,(H,36,37). The van der Waals surface area contributed by atoms with Gasteiger partial charge in [-0.2, -0.15) is 0 Å². The SMILES string of the molecule is COc1ccc2c(c1)c(CC(=O)O)c(C)n2CCN1CCN(Cc2ccccc2-c2ccc(Cl)cc2)CC1. The Balaban J connectivity index is 1.23. The number of hydrogen-bond donors (Lipinski definition) is 1. The fourth-order valence-electron chi connectivity index (χ4n) is 5.54. The Morgan fingerprint density at radius 2 is 1.66 bits per heavy atom. The number of rotatable bonds is 9. The highest BCUT2D eigenvalue weighted by Gasteiger charge is 2.21. The van der Waals surface area contributed by atoms with Crippen molar-refractivity contribution in [2.75, 3.05) is 39.8 Å². The van der Waals surface area contributed by atoms with Crippen molar-refractivity contribution >= 4 is 28.5 Å². The second-order valence-corrected chi connectivity index (χ2v) is 10.4. The molecule has 0 aliphatic carbocycles. The van der Waals surface area contributed by atoms with Crippen LogP contribution in [0.5, 0.6) is 5.75 Å². The largest absolute Gasteiger partial charge is 0.497 e. The van der Waals surface area contributed by atoms with Gasteiger partial charge in [-0.3, -0.25) is 14.6 Å². The van der Waals surface area contributed by atoms with Crippen molar-refractivity contribution in [3.8, 4) is 16.9 Å². The normalized spacial score (nSPS) is 14.7. The first-order valence-electron chi connectivity index (χ1n) is 13.1. The summed E-state index contributed by atoms with van der Waals surface area (Å²) in [4.78, 5) is 16.6. The van der Waals surface area contributed by atoms with Crippen LogP contribution in [0.25, 0.3) is 22.0 Å². The van der Waals surface area contributed by atoms with Crippen molar-refractivity contribution in [2.24, 2.45) is 0 Å². The Kier molecular flexibility index (Phi) is 8.03. The first-order valence-corrected chi connectivity index (χ1v) is 13.5. The van der Waals surface area contributed by atoms with Gasteiger partial charge in [-0.05, 0) is 59.5 Å². The minimum atomic E-state index is -0.816. The first-order chi connectivity index (χ1) is 18.4. The zero-order chi connectivity index (χ0) is 26.6. The average molecular weight is 532 g/mol. The van der Waals surface area contributed by atoms with Gasteiger partial charge < -0.3 is 14.4 Å². The maximum absolute atomic E-state index is 11.6. The molecule has 1 aliphatic heterocycles. The van der Waals surface area contributed by atoms with Crippen LogP contribution in [-0.2, 0) is 24.3 Å². The molecule has 1 aromatic heterocycles. The predicted octanol–water partition coefficient (Wildman–Crippen LogP) is 5.72. The molecular weight excluding hydrogens is 498 g/mol. The van der Waals surface area contributed by atoms with Gasteiger partial charge in [-0.25, -0.2) is 0 Å². The summed E-state index contributed by atoms with van der Waals surface area (Å²) in [6.07, 6.45) is 0.0126. The van der Waals surface area contributed by atoms with Gasteiger partial charge in [0.1, 0.15) is 5.75 Å². The van der Waals surface area contributed by atoms with Crippen molar-refractivity contribution in [3.05, 3.63) is 88.6 Å². The van der Waals surface area contributed by atoms with E-state index in [0.29, 0.717) is 0 Å². The number of benzene rings is 3. The Morgan fingerprint density at radius 1 is 0.947 bits per heavy atom. The lowest BCUT2D eigenvalue weighted by Crippen LogP contribution is -2.46. The van der Waals surface area contributed by atoms with Crippen LogP contribution in [0.4, 0.5) is 0 Å². The lowest BCUT2D eigenvalue weighted by molar-refractivity contribution is -0.136. The molecule has 1 saturated heterocycles. The molecule has 0 atom stereocenters. The molecule has 1 N–H and O–H groups in total. The Bertz CT molecular complexity index is 1420. The molecule has 3 aromatic carbocycles. The van der Waals surface area contributed by atoms with Crippen LogP contribution < -0.4 is 4.74 Å². The van der Waals surface area contributed by atoms with Gasteiger partial charge in [0.15, 0.2) is 0 Å². The predicted molar refractivity (Wildman–Crippen MR) is 153 cm³/mol. The number of methoxy groups -OCH3 is 1. The molecule has 1 fully saturated rings. The van der Waals surface area contributed by atoms with E-state index in [1.807, 2.05) is 37.3 Å². The number of carboxylic acid groups (broad SMARTS) is 1. The molecule has 2 heterocycles. The highest BCUT2D eigenvalue weighted by molar-refractivity contribution is 6.30. The van der Waals surface area contributed by atoms with Gasteiger partial charge in [0.25, 0.3) is 0 Å². The highest BCUT2D eigenvalue weighted by atomic mass is 35.5. The van der Waals surface area contributed by atoms with Crippen molar-refractivity contribution in [1.29, 1.82) is 0 Å². The number of aromatic nitrogens is 1. The maximum atomic E-state index is 11.6. The minimum absolute atomic E-state index is 0.0126. The summed E-state index contributed by atoms with van der Waals surface area (Å²) in [5, 5.41) is 11.2. The van der Waals surface area contributed by atoms with Crippen molar-refractivity contribution in [3.63, 3.8) is 0 Å². The third kappa shape index (κ3) is 5.73. The van der Waals surface area contributed by atoms with E-state index in [2.05, 4.69) is 50.8 Å². The molecular formula is C31H34ClN3O3. The lowest BCUT2D eigenvalue weighted by atomic mass is 9.99. The first kappa shape index (κ1) is 26.3. The zero-order valence-corrected chi connectivity index (χ0v) is 22.7. The molecule has 1 aliphatic rings. The summed E-state index contributed by atoms with van der Waals surface area (Å²) >= 11 is 6.10. The Labute approximate surface area is 229 Å². The molecule has 6 nitrogen and oxygen atoms in total. The Morgan fingerprint density at radius 3 is 2.37 bits per heavy atom. The van der Waals surface area contributed by atoms with E-state index in [9.17, 15) is 9.90 Å². The van der Waals surface area contributed by atoms with Crippen molar-refractivity contribution in [1.82, 2.24) is 14.4 Å². The third-order valence-corrected chi connectivity index (χ3v) is 7.91. The molecule has 0 amide bonds. The minimum Gasteiger partial charge on any atom is -0.497 e. The molecule has 7 heteroatoms. The second kappa shape index (κ2) is 11.6. The number of hydrogen-bond acceptors (Lipinski definition) is 4. The van der Waals surface area contributed by atoms with Crippen LogP contribution in [-0.4, -0.2) is 65.3 Å². The monoisotopic (exact) mass is 531 g/mol. The molecule has 0 unspecified atom stereocenters. The van der Waals surface area contributed by atoms with E-state index in [0.717, 1.165) is 78.7 Å². The summed E-state index contributed by atoms with van der Waals surface area (Å²) in [5.41, 5.74) is 6.74. The van der Waals surface area contributed by atoms with Gasteiger partial charge in [-0.15, -0.1) is 0 Å². The van der Waals surface area contributed by atoms with E-state index in [1.165, 1.54) is 16.7 Å². The average Bonchev–Trinajstić information content (AvgIpc) is 3.18. The van der Waals surface area contributed by atoms with Gasteiger partial charge in [-0.1, -0.05) is 48.0 Å². The maximum Gasteiger partial charge on any atom is 0.307 e. The van der Waals surface area contributed by atoms with Crippen LogP contribution in [0.1, 0.15) is 16.8 Å². The lowest BCUT2D eigenvalue weighted by Gasteiger charge is -2.35. The number of carbonyl (C=O) groups is 1. The van der Waals surface area contributed by atoms with E-state index < -0.39 is 5.97 Å².